The van der Waals surface area contributed by atoms with Crippen molar-refractivity contribution >= 4 is 0 Å². The summed E-state index contributed by atoms with van der Waals surface area (Å²) in [7, 11) is 0. The standard InChI is InChI=1S/C20H27NO/c1-17(2)16-22-20-13-7-6-12-19(20)15-21-14-8-11-18-9-4-3-5-10-18/h3-7,9-10,12-13,17,21H,8,11,14-16H2,1-2H3. The summed E-state index contributed by atoms with van der Waals surface area (Å²) in [5.74, 6) is 1.55. The van der Waals surface area contributed by atoms with Crippen molar-refractivity contribution in [2.75, 3.05) is 13.2 Å². The molecule has 0 saturated heterocycles. The molecule has 2 aromatic rings. The summed E-state index contributed by atoms with van der Waals surface area (Å²) in [6.45, 7) is 7.00. The molecule has 0 amide bonds. The topological polar surface area (TPSA) is 21.3 Å². The predicted molar refractivity (Wildman–Crippen MR) is 93.2 cm³/mol. The number of nitrogens with one attached hydrogen (secondary N) is 1. The molecule has 0 radical (unpaired) electrons. The molecule has 0 aromatic heterocycles. The fraction of sp³-hybridized carbons (Fsp3) is 0.400. The van der Waals surface area contributed by atoms with Gasteiger partial charge < -0.3 is 10.1 Å². The highest BCUT2D eigenvalue weighted by molar-refractivity contribution is 5.33. The van der Waals surface area contributed by atoms with E-state index in [2.05, 4.69) is 67.7 Å². The Hall–Kier alpha value is -1.80. The summed E-state index contributed by atoms with van der Waals surface area (Å²) < 4.78 is 5.88. The maximum atomic E-state index is 5.88. The highest BCUT2D eigenvalue weighted by atomic mass is 16.5. The van der Waals surface area contributed by atoms with Gasteiger partial charge in [-0.3, -0.25) is 0 Å². The van der Waals surface area contributed by atoms with Gasteiger partial charge in [0.1, 0.15) is 5.75 Å². The first-order chi connectivity index (χ1) is 10.8. The van der Waals surface area contributed by atoms with E-state index in [1.807, 2.05) is 6.07 Å². The number of rotatable bonds is 9. The van der Waals surface area contributed by atoms with Crippen LogP contribution in [0.5, 0.6) is 5.75 Å². The largest absolute Gasteiger partial charge is 0.493 e. The van der Waals surface area contributed by atoms with Gasteiger partial charge in [-0.05, 0) is 36.9 Å². The molecule has 0 aliphatic heterocycles. The summed E-state index contributed by atoms with van der Waals surface area (Å²) in [5, 5.41) is 3.52. The number of benzene rings is 2. The minimum atomic E-state index is 0.548. The van der Waals surface area contributed by atoms with Crippen molar-refractivity contribution in [3.63, 3.8) is 0 Å². The first kappa shape index (κ1) is 16.6. The summed E-state index contributed by atoms with van der Waals surface area (Å²) in [6.07, 6.45) is 2.28. The van der Waals surface area contributed by atoms with Crippen LogP contribution in [0.4, 0.5) is 0 Å². The van der Waals surface area contributed by atoms with Crippen molar-refractivity contribution in [1.29, 1.82) is 0 Å². The van der Waals surface area contributed by atoms with E-state index >= 15 is 0 Å². The Morgan fingerprint density at radius 2 is 1.68 bits per heavy atom. The normalized spacial score (nSPS) is 10.9. The van der Waals surface area contributed by atoms with Gasteiger partial charge in [-0.25, -0.2) is 0 Å². The quantitative estimate of drug-likeness (QED) is 0.691. The van der Waals surface area contributed by atoms with Gasteiger partial charge in [-0.15, -0.1) is 0 Å². The molecule has 22 heavy (non-hydrogen) atoms. The predicted octanol–water partition coefficient (Wildman–Crippen LogP) is 4.44. The summed E-state index contributed by atoms with van der Waals surface area (Å²) in [5.41, 5.74) is 2.65. The molecule has 0 fully saturated rings. The smallest absolute Gasteiger partial charge is 0.123 e. The lowest BCUT2D eigenvalue weighted by molar-refractivity contribution is 0.268. The van der Waals surface area contributed by atoms with E-state index in [1.165, 1.54) is 11.1 Å². The molecule has 2 rings (SSSR count). The first-order valence-corrected chi connectivity index (χ1v) is 8.21. The van der Waals surface area contributed by atoms with Crippen molar-refractivity contribution in [3.8, 4) is 5.75 Å². The molecule has 2 aromatic carbocycles. The molecule has 0 spiro atoms. The second-order valence-electron chi connectivity index (χ2n) is 6.08. The van der Waals surface area contributed by atoms with Crippen LogP contribution < -0.4 is 10.1 Å². The van der Waals surface area contributed by atoms with E-state index < -0.39 is 0 Å². The maximum absolute atomic E-state index is 5.88. The van der Waals surface area contributed by atoms with Crippen LogP contribution in [0.25, 0.3) is 0 Å². The Balaban J connectivity index is 1.72. The van der Waals surface area contributed by atoms with Gasteiger partial charge in [0, 0.05) is 12.1 Å². The van der Waals surface area contributed by atoms with Crippen molar-refractivity contribution < 1.29 is 4.74 Å². The SMILES string of the molecule is CC(C)COc1ccccc1CNCCCc1ccccc1. The van der Waals surface area contributed by atoms with Crippen LogP contribution in [0.3, 0.4) is 0 Å². The van der Waals surface area contributed by atoms with Crippen LogP contribution in [-0.4, -0.2) is 13.2 Å². The lowest BCUT2D eigenvalue weighted by atomic mass is 10.1. The first-order valence-electron chi connectivity index (χ1n) is 8.21. The molecule has 0 aliphatic carbocycles. The van der Waals surface area contributed by atoms with Gasteiger partial charge in [0.2, 0.25) is 0 Å². The summed E-state index contributed by atoms with van der Waals surface area (Å²) in [4.78, 5) is 0. The van der Waals surface area contributed by atoms with Gasteiger partial charge in [0.15, 0.2) is 0 Å². The minimum Gasteiger partial charge on any atom is -0.493 e. The molecule has 1 N–H and O–H groups in total. The van der Waals surface area contributed by atoms with Crippen LogP contribution in [0.1, 0.15) is 31.4 Å². The zero-order valence-corrected chi connectivity index (χ0v) is 13.7. The molecule has 0 aliphatic rings. The van der Waals surface area contributed by atoms with E-state index in [0.29, 0.717) is 5.92 Å². The Bertz CT molecular complexity index is 536. The summed E-state index contributed by atoms with van der Waals surface area (Å²) in [6, 6.07) is 19.0. The number of hydrogen-bond donors (Lipinski definition) is 1. The third-order valence-corrected chi connectivity index (χ3v) is 3.52. The zero-order valence-electron chi connectivity index (χ0n) is 13.7. The van der Waals surface area contributed by atoms with Crippen molar-refractivity contribution in [2.45, 2.75) is 33.2 Å². The van der Waals surface area contributed by atoms with E-state index in [0.717, 1.165) is 38.3 Å². The second-order valence-corrected chi connectivity index (χ2v) is 6.08. The Kier molecular flexibility index (Phi) is 6.98. The van der Waals surface area contributed by atoms with Gasteiger partial charge in [-0.2, -0.15) is 0 Å². The van der Waals surface area contributed by atoms with Crippen LogP contribution >= 0.6 is 0 Å². The highest BCUT2D eigenvalue weighted by Crippen LogP contribution is 2.18. The van der Waals surface area contributed by atoms with E-state index in [1.54, 1.807) is 0 Å². The molecule has 0 bridgehead atoms. The molecular formula is C20H27NO. The molecule has 118 valence electrons. The fourth-order valence-corrected chi connectivity index (χ4v) is 2.33. The Labute approximate surface area is 134 Å². The average Bonchev–Trinajstić information content (AvgIpc) is 2.54. The molecule has 0 heterocycles. The zero-order chi connectivity index (χ0) is 15.6. The van der Waals surface area contributed by atoms with Crippen LogP contribution in [-0.2, 0) is 13.0 Å². The van der Waals surface area contributed by atoms with Crippen molar-refractivity contribution in [1.82, 2.24) is 5.32 Å². The van der Waals surface area contributed by atoms with Crippen LogP contribution in [0.2, 0.25) is 0 Å². The molecule has 2 heteroatoms. The Morgan fingerprint density at radius 3 is 2.45 bits per heavy atom. The molecular weight excluding hydrogens is 270 g/mol. The van der Waals surface area contributed by atoms with E-state index in [4.69, 9.17) is 4.74 Å². The van der Waals surface area contributed by atoms with Crippen molar-refractivity contribution in [3.05, 3.63) is 65.7 Å². The van der Waals surface area contributed by atoms with Crippen LogP contribution in [0.15, 0.2) is 54.6 Å². The third-order valence-electron chi connectivity index (χ3n) is 3.52. The van der Waals surface area contributed by atoms with Gasteiger partial charge in [0.05, 0.1) is 6.61 Å². The van der Waals surface area contributed by atoms with E-state index in [-0.39, 0.29) is 0 Å². The average molecular weight is 297 g/mol. The lowest BCUT2D eigenvalue weighted by Gasteiger charge is -2.13. The second kappa shape index (κ2) is 9.26. The molecule has 2 nitrogen and oxygen atoms in total. The van der Waals surface area contributed by atoms with Gasteiger partial charge >= 0.3 is 0 Å². The minimum absolute atomic E-state index is 0.548. The maximum Gasteiger partial charge on any atom is 0.123 e. The highest BCUT2D eigenvalue weighted by Gasteiger charge is 2.03. The van der Waals surface area contributed by atoms with Crippen molar-refractivity contribution in [2.24, 2.45) is 5.92 Å². The van der Waals surface area contributed by atoms with Crippen LogP contribution in [0, 0.1) is 5.92 Å². The van der Waals surface area contributed by atoms with Gasteiger partial charge in [-0.1, -0.05) is 62.4 Å². The molecule has 0 unspecified atom stereocenters. The van der Waals surface area contributed by atoms with E-state index in [9.17, 15) is 0 Å². The molecule has 0 saturated carbocycles. The Morgan fingerprint density at radius 1 is 0.955 bits per heavy atom. The number of hydrogen-bond acceptors (Lipinski definition) is 2. The summed E-state index contributed by atoms with van der Waals surface area (Å²) >= 11 is 0. The molecule has 0 atom stereocenters. The number of aryl methyl sites for hydroxylation is 1. The number of para-hydroxylation sites is 1. The van der Waals surface area contributed by atoms with Gasteiger partial charge in [0.25, 0.3) is 0 Å². The fourth-order valence-electron chi connectivity index (χ4n) is 2.33. The lowest BCUT2D eigenvalue weighted by Crippen LogP contribution is -2.16. The number of ether oxygens (including phenoxy) is 1. The monoisotopic (exact) mass is 297 g/mol. The third kappa shape index (κ3) is 5.90.